The Kier molecular flexibility index (Phi) is 8.13. The lowest BCUT2D eigenvalue weighted by Crippen LogP contribution is -2.49. The lowest BCUT2D eigenvalue weighted by molar-refractivity contribution is -0.115. The van der Waals surface area contributed by atoms with E-state index in [1.54, 1.807) is 13.2 Å². The molecule has 0 bridgehead atoms. The Morgan fingerprint density at radius 1 is 1.10 bits per heavy atom. The predicted octanol–water partition coefficient (Wildman–Crippen LogP) is 1.81. The Balaban J connectivity index is 2.33. The van der Waals surface area contributed by atoms with Crippen LogP contribution in [0.25, 0.3) is 0 Å². The fourth-order valence-electron chi connectivity index (χ4n) is 2.48. The van der Waals surface area contributed by atoms with Crippen LogP contribution in [-0.4, -0.2) is 38.0 Å². The fraction of sp³-hybridized carbons (Fsp3) is 0.227. The summed E-state index contributed by atoms with van der Waals surface area (Å²) in [6, 6.07) is 8.15. The summed E-state index contributed by atoms with van der Waals surface area (Å²) < 4.78 is 30.3. The highest BCUT2D eigenvalue weighted by atomic mass is 19.1. The van der Waals surface area contributed by atoms with Crippen LogP contribution >= 0.6 is 0 Å². The van der Waals surface area contributed by atoms with E-state index in [4.69, 9.17) is 14.9 Å². The summed E-state index contributed by atoms with van der Waals surface area (Å²) >= 11 is 0. The summed E-state index contributed by atoms with van der Waals surface area (Å²) in [6.07, 6.45) is 2.88. The van der Waals surface area contributed by atoms with E-state index >= 15 is 0 Å². The normalized spacial score (nSPS) is 10.6. The minimum atomic E-state index is -0.765. The van der Waals surface area contributed by atoms with Gasteiger partial charge in [-0.25, -0.2) is 19.3 Å². The van der Waals surface area contributed by atoms with E-state index in [2.05, 4.69) is 15.4 Å². The zero-order valence-electron chi connectivity index (χ0n) is 17.7. The molecule has 164 valence electrons. The minimum absolute atomic E-state index is 0.0462. The number of amides is 1. The van der Waals surface area contributed by atoms with Crippen molar-refractivity contribution in [3.63, 3.8) is 0 Å². The van der Waals surface area contributed by atoms with Crippen LogP contribution in [0.1, 0.15) is 34.6 Å². The molecule has 0 saturated heterocycles. The van der Waals surface area contributed by atoms with Crippen molar-refractivity contribution in [3.8, 4) is 17.2 Å². The average molecular weight is 430 g/mol. The van der Waals surface area contributed by atoms with Gasteiger partial charge in [0.15, 0.2) is 11.6 Å². The van der Waals surface area contributed by atoms with E-state index in [-0.39, 0.29) is 34.6 Å². The molecule has 0 spiro atoms. The third kappa shape index (κ3) is 6.84. The van der Waals surface area contributed by atoms with Crippen molar-refractivity contribution in [2.75, 3.05) is 14.2 Å². The molecule has 0 aliphatic rings. The number of nitrogens with one attached hydrogen (secondary N) is 2. The van der Waals surface area contributed by atoms with Gasteiger partial charge in [0.2, 0.25) is 0 Å². The predicted molar refractivity (Wildman–Crippen MR) is 113 cm³/mol. The highest BCUT2D eigenvalue weighted by Crippen LogP contribution is 2.30. The first kappa shape index (κ1) is 23.4. The van der Waals surface area contributed by atoms with Crippen LogP contribution in [0, 0.1) is 5.82 Å². The third-order valence-electron chi connectivity index (χ3n) is 3.78. The van der Waals surface area contributed by atoms with Crippen LogP contribution < -0.4 is 25.5 Å². The quantitative estimate of drug-likeness (QED) is 0.335. The van der Waals surface area contributed by atoms with Crippen LogP contribution in [0.4, 0.5) is 4.39 Å². The average Bonchev–Trinajstić information content (AvgIpc) is 2.72. The van der Waals surface area contributed by atoms with E-state index < -0.39 is 17.7 Å². The van der Waals surface area contributed by atoms with Crippen molar-refractivity contribution in [1.82, 2.24) is 10.6 Å². The highest BCUT2D eigenvalue weighted by Gasteiger charge is 2.18. The monoisotopic (exact) mass is 430 g/mol. The van der Waals surface area contributed by atoms with Gasteiger partial charge in [0.1, 0.15) is 11.5 Å². The molecule has 0 aliphatic heterocycles. The Morgan fingerprint density at radius 2 is 1.81 bits per heavy atom. The molecule has 2 aromatic carbocycles. The first-order chi connectivity index (χ1) is 14.7. The molecule has 0 saturated carbocycles. The number of ether oxygens (including phenoxy) is 3. The Morgan fingerprint density at radius 3 is 2.42 bits per heavy atom. The molecule has 1 amide bonds. The van der Waals surface area contributed by atoms with Gasteiger partial charge in [-0.15, -0.1) is 0 Å². The number of carbonyl (C=O) groups is 2. The first-order valence-corrected chi connectivity index (χ1v) is 9.38. The molecule has 0 atom stereocenters. The van der Waals surface area contributed by atoms with Gasteiger partial charge in [-0.1, -0.05) is 0 Å². The zero-order chi connectivity index (χ0) is 23.0. The van der Waals surface area contributed by atoms with Crippen LogP contribution in [-0.2, 0) is 4.74 Å². The van der Waals surface area contributed by atoms with E-state index in [9.17, 15) is 14.0 Å². The summed E-state index contributed by atoms with van der Waals surface area (Å²) in [7, 11) is 2.90. The number of hydrogen-bond acceptors (Lipinski definition) is 6. The molecule has 8 nitrogen and oxygen atoms in total. The molecule has 0 fully saturated rings. The van der Waals surface area contributed by atoms with Gasteiger partial charge in [-0.05, 0) is 44.2 Å². The van der Waals surface area contributed by atoms with Crippen LogP contribution in [0.5, 0.6) is 17.2 Å². The van der Waals surface area contributed by atoms with Gasteiger partial charge in [0.05, 0.1) is 24.3 Å². The van der Waals surface area contributed by atoms with Gasteiger partial charge >= 0.3 is 11.9 Å². The number of rotatable bonds is 8. The summed E-state index contributed by atoms with van der Waals surface area (Å²) in [4.78, 5) is 24.1. The Bertz CT molecular complexity index is 1000. The first-order valence-electron chi connectivity index (χ1n) is 9.38. The number of amidine groups is 1. The maximum atomic E-state index is 14.4. The molecule has 2 aromatic rings. The van der Waals surface area contributed by atoms with Crippen LogP contribution in [0.2, 0.25) is 0 Å². The molecule has 2 rings (SSSR count). The van der Waals surface area contributed by atoms with Crippen molar-refractivity contribution in [2.24, 2.45) is 0 Å². The molecular weight excluding hydrogens is 405 g/mol. The Labute approximate surface area is 179 Å². The lowest BCUT2D eigenvalue weighted by Gasteiger charge is -2.14. The summed E-state index contributed by atoms with van der Waals surface area (Å²) in [5, 5.41) is 11.1. The number of carbonyl (C=O) groups excluding carboxylic acids is 2. The smallest absolute Gasteiger partial charge is 0.339 e. The van der Waals surface area contributed by atoms with Crippen LogP contribution in [0.15, 0.2) is 48.7 Å². The number of methoxy groups -OCH3 is 1. The summed E-state index contributed by atoms with van der Waals surface area (Å²) in [5.41, 5.74) is 0.241. The number of esters is 1. The van der Waals surface area contributed by atoms with Crippen molar-refractivity contribution in [2.45, 2.75) is 20.0 Å². The second-order valence-electron chi connectivity index (χ2n) is 6.63. The van der Waals surface area contributed by atoms with E-state index in [0.717, 1.165) is 6.07 Å². The topological polar surface area (TPSA) is 111 Å². The molecular formula is C22H25FN3O5+. The molecule has 0 aromatic heterocycles. The molecule has 0 aliphatic carbocycles. The molecule has 9 heteroatoms. The number of benzene rings is 2. The van der Waals surface area contributed by atoms with E-state index in [1.165, 1.54) is 43.5 Å². The maximum Gasteiger partial charge on any atom is 0.339 e. The number of nitrogens with two attached hydrogens (primary N) is 1. The second-order valence-corrected chi connectivity index (χ2v) is 6.63. The Hall–Kier alpha value is -3.88. The van der Waals surface area contributed by atoms with E-state index in [1.807, 2.05) is 13.8 Å². The standard InChI is InChI=1S/C22H24FN3O5/c1-13(2)30-16-9-15(21(27)26-20(24)7-8-25-3)10-17(12-16)31-19-6-5-14(11-18(19)23)22(28)29-4/h5-13,25H,1-4H3,(H2,24,26,27)/p+1/b8-7-. The maximum absolute atomic E-state index is 14.4. The van der Waals surface area contributed by atoms with Gasteiger partial charge in [-0.3, -0.25) is 5.41 Å². The van der Waals surface area contributed by atoms with Gasteiger partial charge in [0.25, 0.3) is 5.84 Å². The molecule has 4 N–H and O–H groups in total. The number of hydrogen-bond donors (Lipinski definition) is 3. The van der Waals surface area contributed by atoms with Crippen molar-refractivity contribution >= 4 is 17.7 Å². The van der Waals surface area contributed by atoms with Gasteiger partial charge < -0.3 is 19.5 Å². The molecule has 0 radical (unpaired) electrons. The largest absolute Gasteiger partial charge is 0.491 e. The fourth-order valence-corrected chi connectivity index (χ4v) is 2.48. The van der Waals surface area contributed by atoms with Crippen molar-refractivity contribution in [3.05, 3.63) is 65.6 Å². The summed E-state index contributed by atoms with van der Waals surface area (Å²) in [5.74, 6) is -1.42. The van der Waals surface area contributed by atoms with Gasteiger partial charge in [-0.2, -0.15) is 0 Å². The second kappa shape index (κ2) is 10.8. The lowest BCUT2D eigenvalue weighted by atomic mass is 10.1. The molecule has 0 heterocycles. The SMILES string of the molecule is CN/C=C\C(=[NH2+])NC(=O)c1cc(Oc2ccc(C(=O)OC)cc2F)cc(OC(C)C)c1. The summed E-state index contributed by atoms with van der Waals surface area (Å²) in [6.45, 7) is 3.65. The molecule has 31 heavy (non-hydrogen) atoms. The van der Waals surface area contributed by atoms with E-state index in [0.29, 0.717) is 5.75 Å². The molecule has 0 unspecified atom stereocenters. The minimum Gasteiger partial charge on any atom is -0.491 e. The van der Waals surface area contributed by atoms with Crippen LogP contribution in [0.3, 0.4) is 0 Å². The number of halogens is 1. The van der Waals surface area contributed by atoms with Crippen molar-refractivity contribution in [1.29, 1.82) is 0 Å². The third-order valence-corrected chi connectivity index (χ3v) is 3.78. The van der Waals surface area contributed by atoms with Crippen molar-refractivity contribution < 1.29 is 33.6 Å². The zero-order valence-corrected chi connectivity index (χ0v) is 17.7. The highest BCUT2D eigenvalue weighted by molar-refractivity contribution is 6.08. The van der Waals surface area contributed by atoms with Gasteiger partial charge in [0, 0.05) is 25.4 Å².